The second kappa shape index (κ2) is 5.41. The highest BCUT2D eigenvalue weighted by Crippen LogP contribution is 2.29. The van der Waals surface area contributed by atoms with Crippen molar-refractivity contribution < 1.29 is 14.6 Å². The van der Waals surface area contributed by atoms with Crippen LogP contribution in [0.15, 0.2) is 32.0 Å². The Bertz CT molecular complexity index is 546. The number of nitrogens with zero attached hydrogens (tertiary/aromatic N) is 3. The first-order valence-corrected chi connectivity index (χ1v) is 7.15. The molecule has 2 heterocycles. The molecule has 7 heteroatoms. The van der Waals surface area contributed by atoms with Crippen LogP contribution in [0.3, 0.4) is 0 Å². The summed E-state index contributed by atoms with van der Waals surface area (Å²) >= 11 is 1.51. The molecule has 0 spiro atoms. The average molecular weight is 295 g/mol. The highest BCUT2D eigenvalue weighted by atomic mass is 32.1. The van der Waals surface area contributed by atoms with Crippen molar-refractivity contribution >= 4 is 23.1 Å². The van der Waals surface area contributed by atoms with Crippen molar-refractivity contribution in [1.29, 1.82) is 0 Å². The summed E-state index contributed by atoms with van der Waals surface area (Å²) in [6, 6.07) is 1.88. The van der Waals surface area contributed by atoms with Gasteiger partial charge in [-0.2, -0.15) is 16.5 Å². The maximum atomic E-state index is 11.9. The van der Waals surface area contributed by atoms with Crippen LogP contribution in [-0.2, 0) is 16.0 Å². The average Bonchev–Trinajstić information content (AvgIpc) is 2.98. The first-order valence-electron chi connectivity index (χ1n) is 6.20. The van der Waals surface area contributed by atoms with Crippen LogP contribution in [0.1, 0.15) is 26.3 Å². The number of hydrogen-bond acceptors (Lipinski definition) is 6. The van der Waals surface area contributed by atoms with E-state index in [1.165, 1.54) is 11.3 Å². The lowest BCUT2D eigenvalue weighted by molar-refractivity contribution is -0.170. The Morgan fingerprint density at radius 1 is 1.50 bits per heavy atom. The molecule has 20 heavy (non-hydrogen) atoms. The van der Waals surface area contributed by atoms with E-state index in [0.29, 0.717) is 0 Å². The minimum Gasteiger partial charge on any atom is -0.479 e. The van der Waals surface area contributed by atoms with Gasteiger partial charge in [0, 0.05) is 6.42 Å². The van der Waals surface area contributed by atoms with Gasteiger partial charge in [-0.15, -0.1) is 5.11 Å². The fraction of sp³-hybridized carbons (Fsp3) is 0.538. The number of aliphatic carboxylic acids is 1. The second-order valence-electron chi connectivity index (χ2n) is 5.52. The first kappa shape index (κ1) is 14.8. The van der Waals surface area contributed by atoms with E-state index in [2.05, 4.69) is 15.2 Å². The highest BCUT2D eigenvalue weighted by molar-refractivity contribution is 7.07. The third-order valence-electron chi connectivity index (χ3n) is 2.67. The van der Waals surface area contributed by atoms with Gasteiger partial charge in [-0.3, -0.25) is 0 Å². The molecule has 1 N–H and O–H groups in total. The summed E-state index contributed by atoms with van der Waals surface area (Å²) < 4.78 is 5.86. The summed E-state index contributed by atoms with van der Waals surface area (Å²) in [7, 11) is 0. The van der Waals surface area contributed by atoms with Gasteiger partial charge in [0.05, 0.1) is 5.60 Å². The number of azo groups is 1. The molecule has 1 aromatic heterocycles. The number of ether oxygens (including phenoxy) is 1. The topological polar surface area (TPSA) is 83.6 Å². The summed E-state index contributed by atoms with van der Waals surface area (Å²) in [6.45, 7) is 5.59. The predicted molar refractivity (Wildman–Crippen MR) is 76.4 cm³/mol. The summed E-state index contributed by atoms with van der Waals surface area (Å²) in [5, 5.41) is 21.2. The van der Waals surface area contributed by atoms with Gasteiger partial charge in [0.25, 0.3) is 0 Å². The van der Waals surface area contributed by atoms with Crippen LogP contribution in [-0.4, -0.2) is 34.8 Å². The van der Waals surface area contributed by atoms with E-state index in [0.717, 1.165) is 5.56 Å². The van der Waals surface area contributed by atoms with E-state index in [9.17, 15) is 9.90 Å². The Kier molecular flexibility index (Phi) is 4.01. The lowest BCUT2D eigenvalue weighted by Gasteiger charge is -2.34. The van der Waals surface area contributed by atoms with Gasteiger partial charge < -0.3 is 9.84 Å². The van der Waals surface area contributed by atoms with Crippen LogP contribution >= 0.6 is 11.3 Å². The molecule has 1 atom stereocenters. The summed E-state index contributed by atoms with van der Waals surface area (Å²) in [5.41, 5.74) is -1.36. The molecule has 0 radical (unpaired) electrons. The first-order chi connectivity index (χ1) is 9.33. The molecule has 108 valence electrons. The third-order valence-corrected chi connectivity index (χ3v) is 3.40. The van der Waals surface area contributed by atoms with Gasteiger partial charge in [0.15, 0.2) is 12.5 Å². The molecular weight excluding hydrogens is 278 g/mol. The van der Waals surface area contributed by atoms with Crippen LogP contribution in [0.5, 0.6) is 0 Å². The fourth-order valence-corrected chi connectivity index (χ4v) is 2.69. The SMILES string of the molecule is CC(C)(C)OC(Cc1ccsc1)(C(=O)O)C1=NCN=N1. The van der Waals surface area contributed by atoms with Crippen molar-refractivity contribution in [3.8, 4) is 0 Å². The van der Waals surface area contributed by atoms with Crippen molar-refractivity contribution in [2.75, 3.05) is 6.67 Å². The quantitative estimate of drug-likeness (QED) is 0.906. The van der Waals surface area contributed by atoms with Gasteiger partial charge in [-0.05, 0) is 43.2 Å². The molecule has 0 aliphatic carbocycles. The summed E-state index contributed by atoms with van der Waals surface area (Å²) in [5.74, 6) is -0.968. The lowest BCUT2D eigenvalue weighted by atomic mass is 9.93. The molecule has 2 rings (SSSR count). The maximum absolute atomic E-state index is 11.9. The smallest absolute Gasteiger partial charge is 0.344 e. The molecule has 0 saturated carbocycles. The van der Waals surface area contributed by atoms with Crippen molar-refractivity contribution in [1.82, 2.24) is 0 Å². The van der Waals surface area contributed by atoms with Crippen molar-refractivity contribution in [2.24, 2.45) is 15.2 Å². The number of thiophene rings is 1. The zero-order valence-corrected chi connectivity index (χ0v) is 12.5. The Hall–Kier alpha value is -1.60. The molecule has 0 bridgehead atoms. The number of carboxylic acid groups (broad SMARTS) is 1. The van der Waals surface area contributed by atoms with Crippen LogP contribution in [0, 0.1) is 0 Å². The van der Waals surface area contributed by atoms with Crippen molar-refractivity contribution in [3.63, 3.8) is 0 Å². The highest BCUT2D eigenvalue weighted by Gasteiger charge is 2.49. The second-order valence-corrected chi connectivity index (χ2v) is 6.30. The van der Waals surface area contributed by atoms with E-state index in [-0.39, 0.29) is 18.9 Å². The number of rotatable bonds is 5. The molecule has 0 fully saturated rings. The number of carbonyl (C=O) groups is 1. The Morgan fingerprint density at radius 2 is 2.25 bits per heavy atom. The van der Waals surface area contributed by atoms with Crippen LogP contribution in [0.25, 0.3) is 0 Å². The van der Waals surface area contributed by atoms with E-state index < -0.39 is 17.2 Å². The molecule has 1 aromatic rings. The molecular formula is C13H17N3O3S. The van der Waals surface area contributed by atoms with E-state index >= 15 is 0 Å². The summed E-state index contributed by atoms with van der Waals surface area (Å²) in [6.07, 6.45) is 0.182. The monoisotopic (exact) mass is 295 g/mol. The van der Waals surface area contributed by atoms with Crippen LogP contribution in [0.2, 0.25) is 0 Å². The van der Waals surface area contributed by atoms with E-state index in [1.807, 2.05) is 37.6 Å². The Labute approximate surface area is 121 Å². The van der Waals surface area contributed by atoms with Crippen LogP contribution < -0.4 is 0 Å². The van der Waals surface area contributed by atoms with Crippen molar-refractivity contribution in [2.45, 2.75) is 38.4 Å². The molecule has 0 saturated heterocycles. The molecule has 1 unspecified atom stereocenters. The molecule has 0 aromatic carbocycles. The van der Waals surface area contributed by atoms with Crippen molar-refractivity contribution in [3.05, 3.63) is 22.4 Å². The van der Waals surface area contributed by atoms with Gasteiger partial charge in [0.1, 0.15) is 0 Å². The fourth-order valence-electron chi connectivity index (χ4n) is 2.02. The van der Waals surface area contributed by atoms with E-state index in [1.54, 1.807) is 0 Å². The van der Waals surface area contributed by atoms with Gasteiger partial charge in [0.2, 0.25) is 5.60 Å². The number of hydrogen-bond donors (Lipinski definition) is 1. The predicted octanol–water partition coefficient (Wildman–Crippen LogP) is 2.75. The Balaban J connectivity index is 2.43. The molecule has 0 amide bonds. The largest absolute Gasteiger partial charge is 0.479 e. The zero-order valence-electron chi connectivity index (χ0n) is 11.7. The minimum atomic E-state index is -1.60. The minimum absolute atomic E-state index is 0.131. The normalized spacial score (nSPS) is 17.9. The molecule has 1 aliphatic heterocycles. The molecule has 1 aliphatic rings. The maximum Gasteiger partial charge on any atom is 0.344 e. The number of aliphatic imine (C=N–C) groups is 1. The van der Waals surface area contributed by atoms with Gasteiger partial charge in [-0.25, -0.2) is 9.79 Å². The number of amidine groups is 1. The standard InChI is InChI=1S/C13H17N3O3S/c1-12(2,3)19-13(11(17)18,10-14-8-15-16-10)6-9-4-5-20-7-9/h4-5,7H,6,8H2,1-3H3,(H,17,18). The third kappa shape index (κ3) is 3.10. The van der Waals surface area contributed by atoms with Gasteiger partial charge >= 0.3 is 5.97 Å². The molecule has 6 nitrogen and oxygen atoms in total. The van der Waals surface area contributed by atoms with E-state index in [4.69, 9.17) is 4.74 Å². The van der Waals surface area contributed by atoms with Crippen LogP contribution in [0.4, 0.5) is 0 Å². The number of carboxylic acids is 1. The Morgan fingerprint density at radius 3 is 2.70 bits per heavy atom. The lowest BCUT2D eigenvalue weighted by Crippen LogP contribution is -2.53. The summed E-state index contributed by atoms with van der Waals surface area (Å²) in [4.78, 5) is 16.0. The van der Waals surface area contributed by atoms with Gasteiger partial charge in [-0.1, -0.05) is 0 Å². The zero-order chi connectivity index (χ0) is 14.8.